The summed E-state index contributed by atoms with van der Waals surface area (Å²) >= 11 is 0. The first-order valence-electron chi connectivity index (χ1n) is 6.97. The molecule has 1 unspecified atom stereocenters. The van der Waals surface area contributed by atoms with Gasteiger partial charge in [-0.25, -0.2) is 0 Å². The van der Waals surface area contributed by atoms with Crippen molar-refractivity contribution in [3.8, 4) is 0 Å². The Bertz CT molecular complexity index is 231. The van der Waals surface area contributed by atoms with Gasteiger partial charge in [0, 0.05) is 24.7 Å². The van der Waals surface area contributed by atoms with Crippen molar-refractivity contribution in [3.05, 3.63) is 0 Å². The molecule has 0 aromatic heterocycles. The van der Waals surface area contributed by atoms with Crippen molar-refractivity contribution in [3.63, 3.8) is 0 Å². The molecule has 16 heavy (non-hydrogen) atoms. The molecular weight excluding hydrogens is 196 g/mol. The molecule has 0 radical (unpaired) electrons. The lowest BCUT2D eigenvalue weighted by atomic mass is 9.92. The van der Waals surface area contributed by atoms with E-state index in [-0.39, 0.29) is 0 Å². The van der Waals surface area contributed by atoms with E-state index in [9.17, 15) is 0 Å². The van der Waals surface area contributed by atoms with Gasteiger partial charge in [0.25, 0.3) is 0 Å². The number of nitrogens with one attached hydrogen (secondary N) is 1. The van der Waals surface area contributed by atoms with Crippen LogP contribution in [0.5, 0.6) is 0 Å². The minimum Gasteiger partial charge on any atom is -0.311 e. The van der Waals surface area contributed by atoms with E-state index >= 15 is 0 Å². The Labute approximate surface area is 101 Å². The van der Waals surface area contributed by atoms with Gasteiger partial charge in [0.15, 0.2) is 0 Å². The Balaban J connectivity index is 1.88. The third-order valence-corrected chi connectivity index (χ3v) is 4.38. The van der Waals surface area contributed by atoms with Crippen LogP contribution in [0.2, 0.25) is 0 Å². The maximum atomic E-state index is 3.70. The maximum Gasteiger partial charge on any atom is 0.0278 e. The van der Waals surface area contributed by atoms with E-state index in [1.807, 2.05) is 0 Å². The summed E-state index contributed by atoms with van der Waals surface area (Å²) in [5.41, 5.74) is 0.348. The first kappa shape index (κ1) is 12.4. The van der Waals surface area contributed by atoms with E-state index < -0.39 is 0 Å². The minimum atomic E-state index is 0.348. The van der Waals surface area contributed by atoms with Crippen molar-refractivity contribution in [2.75, 3.05) is 19.6 Å². The van der Waals surface area contributed by atoms with E-state index in [1.165, 1.54) is 32.4 Å². The summed E-state index contributed by atoms with van der Waals surface area (Å²) in [7, 11) is 0. The Kier molecular flexibility index (Phi) is 3.60. The normalized spacial score (nSPS) is 30.9. The van der Waals surface area contributed by atoms with Crippen LogP contribution in [0.4, 0.5) is 0 Å². The van der Waals surface area contributed by atoms with Crippen LogP contribution in [-0.4, -0.2) is 36.1 Å². The van der Waals surface area contributed by atoms with Gasteiger partial charge in [-0.2, -0.15) is 0 Å². The number of hydrogen-bond donors (Lipinski definition) is 1. The first-order valence-corrected chi connectivity index (χ1v) is 6.97. The Morgan fingerprint density at radius 2 is 2.00 bits per heavy atom. The van der Waals surface area contributed by atoms with E-state index in [0.29, 0.717) is 11.6 Å². The van der Waals surface area contributed by atoms with Gasteiger partial charge in [-0.3, -0.25) is 4.90 Å². The minimum absolute atomic E-state index is 0.348. The van der Waals surface area contributed by atoms with Crippen molar-refractivity contribution < 1.29 is 0 Å². The Morgan fingerprint density at radius 1 is 1.31 bits per heavy atom. The SMILES string of the molecule is CC(C)C1CN(CCC2CC2)C(C)(C)CN1. The lowest BCUT2D eigenvalue weighted by molar-refractivity contribution is 0.0523. The molecule has 0 bridgehead atoms. The third-order valence-electron chi connectivity index (χ3n) is 4.38. The zero-order chi connectivity index (χ0) is 11.8. The zero-order valence-corrected chi connectivity index (χ0v) is 11.4. The molecule has 0 amide bonds. The van der Waals surface area contributed by atoms with Gasteiger partial charge < -0.3 is 5.32 Å². The predicted molar refractivity (Wildman–Crippen MR) is 69.6 cm³/mol. The number of hydrogen-bond acceptors (Lipinski definition) is 2. The molecule has 2 heteroatoms. The van der Waals surface area contributed by atoms with E-state index in [1.54, 1.807) is 0 Å². The van der Waals surface area contributed by atoms with Crippen LogP contribution in [-0.2, 0) is 0 Å². The highest BCUT2D eigenvalue weighted by Gasteiger charge is 2.35. The average molecular weight is 224 g/mol. The van der Waals surface area contributed by atoms with Crippen molar-refractivity contribution in [2.45, 2.75) is 58.5 Å². The molecule has 1 heterocycles. The highest BCUT2D eigenvalue weighted by atomic mass is 15.3. The molecule has 0 spiro atoms. The molecule has 2 nitrogen and oxygen atoms in total. The van der Waals surface area contributed by atoms with Gasteiger partial charge in [-0.05, 0) is 38.6 Å². The van der Waals surface area contributed by atoms with E-state index in [4.69, 9.17) is 0 Å². The summed E-state index contributed by atoms with van der Waals surface area (Å²) in [6, 6.07) is 0.687. The summed E-state index contributed by atoms with van der Waals surface area (Å²) in [6.45, 7) is 13.1. The molecule has 1 saturated heterocycles. The first-order chi connectivity index (χ1) is 7.49. The molecule has 1 aliphatic heterocycles. The summed E-state index contributed by atoms with van der Waals surface area (Å²) in [5.74, 6) is 1.81. The van der Waals surface area contributed by atoms with Crippen LogP contribution in [0, 0.1) is 11.8 Å². The van der Waals surface area contributed by atoms with Crippen molar-refractivity contribution in [2.24, 2.45) is 11.8 Å². The zero-order valence-electron chi connectivity index (χ0n) is 11.4. The number of nitrogens with zero attached hydrogens (tertiary/aromatic N) is 1. The molecule has 1 N–H and O–H groups in total. The fourth-order valence-electron chi connectivity index (χ4n) is 2.63. The van der Waals surface area contributed by atoms with E-state index in [0.717, 1.165) is 18.4 Å². The smallest absolute Gasteiger partial charge is 0.0278 e. The molecular formula is C14H28N2. The standard InChI is InChI=1S/C14H28N2/c1-11(2)13-9-16(8-7-12-5-6-12)14(3,4)10-15-13/h11-13,15H,5-10H2,1-4H3. The Hall–Kier alpha value is -0.0800. The van der Waals surface area contributed by atoms with Crippen LogP contribution < -0.4 is 5.32 Å². The molecule has 1 saturated carbocycles. The molecule has 1 aliphatic carbocycles. The van der Waals surface area contributed by atoms with Gasteiger partial charge in [-0.1, -0.05) is 26.7 Å². The number of rotatable bonds is 4. The molecule has 1 atom stereocenters. The van der Waals surface area contributed by atoms with Gasteiger partial charge in [-0.15, -0.1) is 0 Å². The topological polar surface area (TPSA) is 15.3 Å². The summed E-state index contributed by atoms with van der Waals surface area (Å²) in [6.07, 6.45) is 4.40. The van der Waals surface area contributed by atoms with Gasteiger partial charge in [0.2, 0.25) is 0 Å². The number of piperazine rings is 1. The molecule has 2 fully saturated rings. The molecule has 2 rings (SSSR count). The fraction of sp³-hybridized carbons (Fsp3) is 1.00. The second-order valence-electron chi connectivity index (χ2n) is 6.72. The molecule has 2 aliphatic rings. The lowest BCUT2D eigenvalue weighted by Gasteiger charge is -2.47. The van der Waals surface area contributed by atoms with Crippen molar-refractivity contribution in [1.82, 2.24) is 10.2 Å². The summed E-state index contributed by atoms with van der Waals surface area (Å²) in [4.78, 5) is 2.71. The largest absolute Gasteiger partial charge is 0.311 e. The average Bonchev–Trinajstić information content (AvgIpc) is 2.98. The van der Waals surface area contributed by atoms with Crippen LogP contribution in [0.15, 0.2) is 0 Å². The highest BCUT2D eigenvalue weighted by molar-refractivity contribution is 4.94. The van der Waals surface area contributed by atoms with Crippen LogP contribution in [0.25, 0.3) is 0 Å². The van der Waals surface area contributed by atoms with E-state index in [2.05, 4.69) is 37.9 Å². The van der Waals surface area contributed by atoms with Crippen LogP contribution in [0.1, 0.15) is 47.0 Å². The predicted octanol–water partition coefficient (Wildman–Crippen LogP) is 2.49. The van der Waals surface area contributed by atoms with Gasteiger partial charge >= 0.3 is 0 Å². The maximum absolute atomic E-state index is 3.70. The summed E-state index contributed by atoms with van der Waals surface area (Å²) in [5, 5.41) is 3.70. The molecule has 94 valence electrons. The van der Waals surface area contributed by atoms with Crippen LogP contribution >= 0.6 is 0 Å². The Morgan fingerprint density at radius 3 is 2.56 bits per heavy atom. The second-order valence-corrected chi connectivity index (χ2v) is 6.72. The van der Waals surface area contributed by atoms with Crippen molar-refractivity contribution in [1.29, 1.82) is 0 Å². The molecule has 0 aromatic rings. The fourth-order valence-corrected chi connectivity index (χ4v) is 2.63. The molecule has 0 aromatic carbocycles. The quantitative estimate of drug-likeness (QED) is 0.789. The third kappa shape index (κ3) is 2.98. The lowest BCUT2D eigenvalue weighted by Crippen LogP contribution is -2.63. The van der Waals surface area contributed by atoms with Crippen LogP contribution in [0.3, 0.4) is 0 Å². The van der Waals surface area contributed by atoms with Crippen molar-refractivity contribution >= 4 is 0 Å². The van der Waals surface area contributed by atoms with Gasteiger partial charge in [0.1, 0.15) is 0 Å². The van der Waals surface area contributed by atoms with Gasteiger partial charge in [0.05, 0.1) is 0 Å². The monoisotopic (exact) mass is 224 g/mol. The summed E-state index contributed by atoms with van der Waals surface area (Å²) < 4.78 is 0. The highest BCUT2D eigenvalue weighted by Crippen LogP contribution is 2.33. The second kappa shape index (κ2) is 4.66.